The van der Waals surface area contributed by atoms with Crippen molar-refractivity contribution < 1.29 is 23.7 Å². The second kappa shape index (κ2) is 10.2. The van der Waals surface area contributed by atoms with Crippen molar-refractivity contribution in [2.24, 2.45) is 4.99 Å². The molecule has 2 aromatic carbocycles. The summed E-state index contributed by atoms with van der Waals surface area (Å²) in [5.41, 5.74) is 2.07. The number of nitrogens with zero attached hydrogens (tertiary/aromatic N) is 2. The summed E-state index contributed by atoms with van der Waals surface area (Å²) in [6.07, 6.45) is 1.78. The molecule has 0 aliphatic carbocycles. The molecule has 3 aromatic rings. The third-order valence-electron chi connectivity index (χ3n) is 5.63. The lowest BCUT2D eigenvalue weighted by molar-refractivity contribution is -0.139. The van der Waals surface area contributed by atoms with Crippen molar-refractivity contribution in [2.45, 2.75) is 19.9 Å². The molecular weight excluding hydrogens is 468 g/mol. The highest BCUT2D eigenvalue weighted by Crippen LogP contribution is 2.32. The van der Waals surface area contributed by atoms with Crippen LogP contribution in [0.25, 0.3) is 6.08 Å². The molecule has 0 fully saturated rings. The summed E-state index contributed by atoms with van der Waals surface area (Å²) in [6.45, 7) is 3.71. The number of carbonyl (C=O) groups excluding carboxylic acids is 1. The van der Waals surface area contributed by atoms with Crippen molar-refractivity contribution in [2.75, 3.05) is 27.9 Å². The largest absolute Gasteiger partial charge is 0.497 e. The molecule has 35 heavy (non-hydrogen) atoms. The Morgan fingerprint density at radius 3 is 2.54 bits per heavy atom. The highest BCUT2D eigenvalue weighted by molar-refractivity contribution is 7.07. The van der Waals surface area contributed by atoms with Gasteiger partial charge < -0.3 is 18.9 Å². The summed E-state index contributed by atoms with van der Waals surface area (Å²) in [4.78, 5) is 31.8. The van der Waals surface area contributed by atoms with Gasteiger partial charge in [-0.05, 0) is 55.3 Å². The van der Waals surface area contributed by atoms with E-state index in [1.165, 1.54) is 11.3 Å². The smallest absolute Gasteiger partial charge is 0.338 e. The SMILES string of the molecule is CCOC(=O)C1=C(C)N=c2s/c(=C\c3ccc(OC)c(OC)c3)c(=O)n2C1c1cccc(OC)c1. The first-order valence-electron chi connectivity index (χ1n) is 11.0. The number of thiazole rings is 1. The van der Waals surface area contributed by atoms with Gasteiger partial charge in [0.25, 0.3) is 5.56 Å². The fraction of sp³-hybridized carbons (Fsp3) is 0.269. The molecule has 0 radical (unpaired) electrons. The van der Waals surface area contributed by atoms with Gasteiger partial charge in [-0.3, -0.25) is 9.36 Å². The van der Waals surface area contributed by atoms with E-state index in [1.807, 2.05) is 30.3 Å². The Hall–Kier alpha value is -3.85. The number of fused-ring (bicyclic) bond motifs is 1. The van der Waals surface area contributed by atoms with Crippen LogP contribution < -0.4 is 29.1 Å². The zero-order valence-corrected chi connectivity index (χ0v) is 21.0. The molecule has 0 amide bonds. The van der Waals surface area contributed by atoms with E-state index in [2.05, 4.69) is 4.99 Å². The Bertz CT molecular complexity index is 1480. The van der Waals surface area contributed by atoms with Gasteiger partial charge >= 0.3 is 5.97 Å². The number of allylic oxidation sites excluding steroid dienone is 1. The van der Waals surface area contributed by atoms with Crippen LogP contribution in [-0.4, -0.2) is 38.5 Å². The van der Waals surface area contributed by atoms with Crippen LogP contribution in [0, 0.1) is 0 Å². The minimum absolute atomic E-state index is 0.212. The van der Waals surface area contributed by atoms with Gasteiger partial charge in [-0.1, -0.05) is 29.5 Å². The van der Waals surface area contributed by atoms with Gasteiger partial charge in [0.1, 0.15) is 5.75 Å². The molecule has 8 nitrogen and oxygen atoms in total. The number of aromatic nitrogens is 1. The van der Waals surface area contributed by atoms with E-state index in [0.717, 1.165) is 11.1 Å². The molecule has 1 aliphatic rings. The maximum absolute atomic E-state index is 13.7. The predicted octanol–water partition coefficient (Wildman–Crippen LogP) is 2.82. The fourth-order valence-electron chi connectivity index (χ4n) is 4.01. The van der Waals surface area contributed by atoms with Crippen LogP contribution >= 0.6 is 11.3 Å². The molecule has 0 spiro atoms. The van der Waals surface area contributed by atoms with Gasteiger partial charge in [0.15, 0.2) is 16.3 Å². The van der Waals surface area contributed by atoms with Crippen molar-refractivity contribution in [1.82, 2.24) is 4.57 Å². The van der Waals surface area contributed by atoms with Crippen LogP contribution in [0.4, 0.5) is 0 Å². The summed E-state index contributed by atoms with van der Waals surface area (Å²) in [5.74, 6) is 1.27. The topological polar surface area (TPSA) is 88.4 Å². The predicted molar refractivity (Wildman–Crippen MR) is 133 cm³/mol. The van der Waals surface area contributed by atoms with E-state index in [9.17, 15) is 9.59 Å². The first kappa shape index (κ1) is 24.3. The number of carbonyl (C=O) groups is 1. The normalized spacial score (nSPS) is 15.3. The third-order valence-corrected chi connectivity index (χ3v) is 6.61. The van der Waals surface area contributed by atoms with Crippen LogP contribution in [0.1, 0.15) is 31.0 Å². The molecule has 182 valence electrons. The number of methoxy groups -OCH3 is 3. The van der Waals surface area contributed by atoms with Gasteiger partial charge in [-0.25, -0.2) is 9.79 Å². The van der Waals surface area contributed by atoms with E-state index in [0.29, 0.717) is 37.9 Å². The maximum atomic E-state index is 13.7. The summed E-state index contributed by atoms with van der Waals surface area (Å²) in [6, 6.07) is 12.0. The number of hydrogen-bond donors (Lipinski definition) is 0. The number of ether oxygens (including phenoxy) is 4. The van der Waals surface area contributed by atoms with E-state index in [4.69, 9.17) is 18.9 Å². The zero-order valence-electron chi connectivity index (χ0n) is 20.2. The van der Waals surface area contributed by atoms with Gasteiger partial charge in [-0.15, -0.1) is 0 Å². The monoisotopic (exact) mass is 494 g/mol. The summed E-state index contributed by atoms with van der Waals surface area (Å²) >= 11 is 1.26. The molecule has 1 atom stereocenters. The van der Waals surface area contributed by atoms with Crippen LogP contribution in [-0.2, 0) is 9.53 Å². The standard InChI is InChI=1S/C26H26N2O6S/c1-6-34-25(30)22-15(2)27-26-28(23(22)17-8-7-9-18(14-17)31-3)24(29)21(35-26)13-16-10-11-19(32-4)20(12-16)33-5/h7-14,23H,6H2,1-5H3/b21-13-. The van der Waals surface area contributed by atoms with Crippen molar-refractivity contribution >= 4 is 23.4 Å². The second-order valence-electron chi connectivity index (χ2n) is 7.69. The van der Waals surface area contributed by atoms with Crippen molar-refractivity contribution in [3.63, 3.8) is 0 Å². The van der Waals surface area contributed by atoms with Crippen LogP contribution in [0.15, 0.2) is 63.5 Å². The molecule has 4 rings (SSSR count). The lowest BCUT2D eigenvalue weighted by Gasteiger charge is -2.25. The van der Waals surface area contributed by atoms with E-state index in [-0.39, 0.29) is 12.2 Å². The first-order chi connectivity index (χ1) is 16.9. The van der Waals surface area contributed by atoms with Crippen molar-refractivity contribution in [3.8, 4) is 17.2 Å². The first-order valence-corrected chi connectivity index (χ1v) is 11.8. The van der Waals surface area contributed by atoms with Crippen molar-refractivity contribution in [3.05, 3.63) is 84.5 Å². The molecule has 1 unspecified atom stereocenters. The summed E-state index contributed by atoms with van der Waals surface area (Å²) in [7, 11) is 4.70. The minimum Gasteiger partial charge on any atom is -0.497 e. The summed E-state index contributed by atoms with van der Waals surface area (Å²) in [5, 5.41) is 0. The molecule has 0 saturated carbocycles. The van der Waals surface area contributed by atoms with Gasteiger partial charge in [0.2, 0.25) is 0 Å². The average molecular weight is 495 g/mol. The second-order valence-corrected chi connectivity index (χ2v) is 8.70. The Labute approximate surface area is 206 Å². The van der Waals surface area contributed by atoms with Gasteiger partial charge in [-0.2, -0.15) is 0 Å². The minimum atomic E-state index is -0.701. The number of rotatable bonds is 7. The van der Waals surface area contributed by atoms with Crippen LogP contribution in [0.5, 0.6) is 17.2 Å². The Kier molecular flexibility index (Phi) is 7.07. The zero-order chi connectivity index (χ0) is 25.1. The molecule has 0 bridgehead atoms. The number of benzene rings is 2. The molecule has 2 heterocycles. The Morgan fingerprint density at radius 1 is 1.09 bits per heavy atom. The van der Waals surface area contributed by atoms with Crippen molar-refractivity contribution in [1.29, 1.82) is 0 Å². The molecule has 9 heteroatoms. The molecule has 0 N–H and O–H groups in total. The Morgan fingerprint density at radius 2 is 1.86 bits per heavy atom. The lowest BCUT2D eigenvalue weighted by Crippen LogP contribution is -2.39. The third kappa shape index (κ3) is 4.59. The maximum Gasteiger partial charge on any atom is 0.338 e. The quantitative estimate of drug-likeness (QED) is 0.470. The molecule has 1 aliphatic heterocycles. The number of hydrogen-bond acceptors (Lipinski definition) is 8. The molecular formula is C26H26N2O6S. The van der Waals surface area contributed by atoms with Gasteiger partial charge in [0, 0.05) is 0 Å². The highest BCUT2D eigenvalue weighted by Gasteiger charge is 2.33. The average Bonchev–Trinajstić information content (AvgIpc) is 3.17. The van der Waals surface area contributed by atoms with Crippen LogP contribution in [0.3, 0.4) is 0 Å². The molecule has 0 saturated heterocycles. The highest BCUT2D eigenvalue weighted by atomic mass is 32.1. The van der Waals surface area contributed by atoms with Crippen LogP contribution in [0.2, 0.25) is 0 Å². The fourth-order valence-corrected chi connectivity index (χ4v) is 5.06. The Balaban J connectivity index is 1.93. The molecule has 1 aromatic heterocycles. The van der Waals surface area contributed by atoms with E-state index < -0.39 is 12.0 Å². The van der Waals surface area contributed by atoms with E-state index >= 15 is 0 Å². The lowest BCUT2D eigenvalue weighted by atomic mass is 9.95. The van der Waals surface area contributed by atoms with Gasteiger partial charge in [0.05, 0.1) is 49.8 Å². The number of esters is 1. The summed E-state index contributed by atoms with van der Waals surface area (Å²) < 4.78 is 23.4. The van der Waals surface area contributed by atoms with E-state index in [1.54, 1.807) is 58.0 Å².